The maximum atomic E-state index is 8.82. The van der Waals surface area contributed by atoms with Crippen LogP contribution in [0.5, 0.6) is 0 Å². The topological polar surface area (TPSA) is 50.1 Å². The van der Waals surface area contributed by atoms with Crippen LogP contribution in [0.3, 0.4) is 0 Å². The predicted octanol–water partition coefficient (Wildman–Crippen LogP) is 1.89. The van der Waals surface area contributed by atoms with Gasteiger partial charge in [0.25, 0.3) is 0 Å². The Morgan fingerprint density at radius 3 is 2.50 bits per heavy atom. The van der Waals surface area contributed by atoms with Crippen LogP contribution in [0.15, 0.2) is 12.4 Å². The summed E-state index contributed by atoms with van der Waals surface area (Å²) in [5.41, 5.74) is 1.18. The molecule has 0 radical (unpaired) electrons. The highest BCUT2D eigenvalue weighted by atomic mass is 16.3. The quantitative estimate of drug-likeness (QED) is 0.744. The molecule has 1 rings (SSSR count). The number of nitrogens with one attached hydrogen (secondary N) is 1. The molecule has 0 atom stereocenters. The molecule has 104 valence electrons. The fraction of sp³-hybridized carbons (Fsp3) is 0.786. The van der Waals surface area contributed by atoms with Crippen molar-refractivity contribution < 1.29 is 5.11 Å². The summed E-state index contributed by atoms with van der Waals surface area (Å²) < 4.78 is 1.78. The molecule has 0 amide bonds. The summed E-state index contributed by atoms with van der Waals surface area (Å²) in [6.45, 7) is 11.7. The van der Waals surface area contributed by atoms with Crippen LogP contribution in [0, 0.1) is 17.8 Å². The van der Waals surface area contributed by atoms with Crippen molar-refractivity contribution in [3.05, 3.63) is 18.0 Å². The molecule has 0 aliphatic rings. The van der Waals surface area contributed by atoms with Gasteiger partial charge in [-0.15, -0.1) is 0 Å². The molecular weight excluding hydrogens is 226 g/mol. The second kappa shape index (κ2) is 7.54. The zero-order valence-electron chi connectivity index (χ0n) is 12.1. The molecule has 1 aromatic heterocycles. The second-order valence-corrected chi connectivity index (χ2v) is 5.62. The molecule has 0 aromatic carbocycles. The summed E-state index contributed by atoms with van der Waals surface area (Å²) in [5.74, 6) is 2.11. The van der Waals surface area contributed by atoms with Gasteiger partial charge in [0.05, 0.1) is 19.3 Å². The van der Waals surface area contributed by atoms with Gasteiger partial charge in [-0.3, -0.25) is 4.68 Å². The van der Waals surface area contributed by atoms with E-state index in [2.05, 4.69) is 38.1 Å². The molecule has 1 aromatic rings. The third-order valence-corrected chi connectivity index (χ3v) is 3.44. The van der Waals surface area contributed by atoms with E-state index < -0.39 is 0 Å². The van der Waals surface area contributed by atoms with Crippen LogP contribution in [-0.2, 0) is 13.1 Å². The van der Waals surface area contributed by atoms with Crippen molar-refractivity contribution in [2.75, 3.05) is 13.2 Å². The molecule has 0 bridgehead atoms. The van der Waals surface area contributed by atoms with Gasteiger partial charge in [0.1, 0.15) is 0 Å². The first-order chi connectivity index (χ1) is 8.54. The van der Waals surface area contributed by atoms with Crippen LogP contribution in [0.25, 0.3) is 0 Å². The van der Waals surface area contributed by atoms with Gasteiger partial charge in [-0.1, -0.05) is 27.7 Å². The van der Waals surface area contributed by atoms with Gasteiger partial charge in [0.15, 0.2) is 0 Å². The number of aliphatic hydroxyl groups excluding tert-OH is 1. The Morgan fingerprint density at radius 2 is 1.94 bits per heavy atom. The van der Waals surface area contributed by atoms with Crippen LogP contribution in [0.4, 0.5) is 0 Å². The molecule has 0 aliphatic carbocycles. The minimum absolute atomic E-state index is 0.136. The first kappa shape index (κ1) is 15.2. The van der Waals surface area contributed by atoms with Gasteiger partial charge in [0, 0.05) is 18.3 Å². The van der Waals surface area contributed by atoms with E-state index in [0.29, 0.717) is 24.3 Å². The minimum Gasteiger partial charge on any atom is -0.394 e. The predicted molar refractivity (Wildman–Crippen MR) is 74.2 cm³/mol. The van der Waals surface area contributed by atoms with E-state index in [0.717, 1.165) is 13.1 Å². The molecule has 2 N–H and O–H groups in total. The summed E-state index contributed by atoms with van der Waals surface area (Å²) in [5, 5.41) is 16.5. The highest BCUT2D eigenvalue weighted by Crippen LogP contribution is 2.19. The van der Waals surface area contributed by atoms with E-state index in [1.807, 2.05) is 12.4 Å². The summed E-state index contributed by atoms with van der Waals surface area (Å²) in [6, 6.07) is 0. The van der Waals surface area contributed by atoms with Gasteiger partial charge < -0.3 is 10.4 Å². The van der Waals surface area contributed by atoms with Crippen LogP contribution in [-0.4, -0.2) is 28.0 Å². The molecule has 4 nitrogen and oxygen atoms in total. The molecule has 0 spiro atoms. The fourth-order valence-electron chi connectivity index (χ4n) is 2.35. The Balaban J connectivity index is 2.35. The highest BCUT2D eigenvalue weighted by Gasteiger charge is 2.16. The maximum Gasteiger partial charge on any atom is 0.0640 e. The highest BCUT2D eigenvalue weighted by molar-refractivity contribution is 5.03. The summed E-state index contributed by atoms with van der Waals surface area (Å²) >= 11 is 0. The Kier molecular flexibility index (Phi) is 6.36. The molecule has 18 heavy (non-hydrogen) atoms. The number of nitrogens with zero attached hydrogens (tertiary/aromatic N) is 2. The Bertz CT molecular complexity index is 326. The average molecular weight is 253 g/mol. The SMILES string of the molecule is CC(C)C(CNCc1cnn(CCO)c1)C(C)C. The van der Waals surface area contributed by atoms with Crippen LogP contribution in [0.1, 0.15) is 33.3 Å². The summed E-state index contributed by atoms with van der Waals surface area (Å²) in [4.78, 5) is 0. The number of aromatic nitrogens is 2. The molecule has 1 heterocycles. The van der Waals surface area contributed by atoms with Crippen LogP contribution >= 0.6 is 0 Å². The third kappa shape index (κ3) is 4.78. The summed E-state index contributed by atoms with van der Waals surface area (Å²) in [6.07, 6.45) is 3.85. The molecule has 0 saturated heterocycles. The van der Waals surface area contributed by atoms with E-state index in [9.17, 15) is 0 Å². The molecule has 4 heteroatoms. The zero-order valence-corrected chi connectivity index (χ0v) is 12.1. The average Bonchev–Trinajstić information content (AvgIpc) is 2.71. The largest absolute Gasteiger partial charge is 0.394 e. The van der Waals surface area contributed by atoms with Crippen molar-refractivity contribution >= 4 is 0 Å². The smallest absolute Gasteiger partial charge is 0.0640 e. The van der Waals surface area contributed by atoms with Crippen molar-refractivity contribution in [3.8, 4) is 0 Å². The fourth-order valence-corrected chi connectivity index (χ4v) is 2.35. The standard InChI is InChI=1S/C14H27N3O/c1-11(2)14(12(3)4)9-15-7-13-8-16-17(10-13)5-6-18/h8,10-12,14-15,18H,5-7,9H2,1-4H3. The lowest BCUT2D eigenvalue weighted by Crippen LogP contribution is -2.29. The van der Waals surface area contributed by atoms with Gasteiger partial charge in [-0.25, -0.2) is 0 Å². The van der Waals surface area contributed by atoms with Gasteiger partial charge >= 0.3 is 0 Å². The van der Waals surface area contributed by atoms with E-state index in [1.165, 1.54) is 5.56 Å². The number of aliphatic hydroxyl groups is 1. The lowest BCUT2D eigenvalue weighted by atomic mass is 9.85. The van der Waals surface area contributed by atoms with E-state index >= 15 is 0 Å². The number of hydrogen-bond donors (Lipinski definition) is 2. The molecule has 0 unspecified atom stereocenters. The van der Waals surface area contributed by atoms with Gasteiger partial charge in [0.2, 0.25) is 0 Å². The lowest BCUT2D eigenvalue weighted by Gasteiger charge is -2.25. The second-order valence-electron chi connectivity index (χ2n) is 5.62. The van der Waals surface area contributed by atoms with E-state index in [4.69, 9.17) is 5.11 Å². The Morgan fingerprint density at radius 1 is 1.28 bits per heavy atom. The van der Waals surface area contributed by atoms with Gasteiger partial charge in [-0.05, 0) is 24.3 Å². The summed E-state index contributed by atoms with van der Waals surface area (Å²) in [7, 11) is 0. The number of rotatable bonds is 8. The lowest BCUT2D eigenvalue weighted by molar-refractivity contribution is 0.269. The van der Waals surface area contributed by atoms with Crippen molar-refractivity contribution in [2.24, 2.45) is 17.8 Å². The molecule has 0 saturated carbocycles. The first-order valence-electron chi connectivity index (χ1n) is 6.87. The Hall–Kier alpha value is -0.870. The van der Waals surface area contributed by atoms with Crippen molar-refractivity contribution in [2.45, 2.75) is 40.8 Å². The van der Waals surface area contributed by atoms with Crippen molar-refractivity contribution in [1.29, 1.82) is 0 Å². The van der Waals surface area contributed by atoms with Crippen molar-refractivity contribution in [3.63, 3.8) is 0 Å². The van der Waals surface area contributed by atoms with Gasteiger partial charge in [-0.2, -0.15) is 5.10 Å². The monoisotopic (exact) mass is 253 g/mol. The number of hydrogen-bond acceptors (Lipinski definition) is 3. The zero-order chi connectivity index (χ0) is 13.5. The normalized spacial score (nSPS) is 12.0. The molecule has 0 aliphatic heterocycles. The third-order valence-electron chi connectivity index (χ3n) is 3.44. The van der Waals surface area contributed by atoms with Crippen LogP contribution < -0.4 is 5.32 Å². The van der Waals surface area contributed by atoms with Crippen LogP contribution in [0.2, 0.25) is 0 Å². The minimum atomic E-state index is 0.136. The van der Waals surface area contributed by atoms with E-state index in [1.54, 1.807) is 4.68 Å². The molecule has 0 fully saturated rings. The van der Waals surface area contributed by atoms with E-state index in [-0.39, 0.29) is 6.61 Å². The first-order valence-corrected chi connectivity index (χ1v) is 6.87. The Labute approximate surface area is 110 Å². The molecular formula is C14H27N3O. The van der Waals surface area contributed by atoms with Crippen molar-refractivity contribution in [1.82, 2.24) is 15.1 Å². The maximum absolute atomic E-state index is 8.82.